The van der Waals surface area contributed by atoms with Crippen molar-refractivity contribution in [2.75, 3.05) is 6.61 Å². The van der Waals surface area contributed by atoms with E-state index in [1.807, 2.05) is 5.32 Å². The second-order valence-electron chi connectivity index (χ2n) is 9.81. The molecule has 0 aromatic carbocycles. The molecule has 0 aliphatic heterocycles. The molecule has 3 heterocycles. The van der Waals surface area contributed by atoms with E-state index in [0.29, 0.717) is 17.1 Å². The summed E-state index contributed by atoms with van der Waals surface area (Å²) in [5, 5.41) is 36.9. The summed E-state index contributed by atoms with van der Waals surface area (Å²) in [5.41, 5.74) is 7.44. The standard InChI is InChI=1S/C25H33N11O9/c26-15(1-12-5-27-9-30-12)21(40)33-16(2-13-6-28-10-31-13)22(41)34-17(3-14-7-29-11-32-14)23(42)35-18(4-20(38)39)24(43)36-19(8-37)25(44)45/h5-7,9-11,15-19,37H,1-4,8,26H2,(H,27,30)(H,28,31)(H,29,32)(H,33,40)(H,34,41)(H,35,42)(H,36,43)(H,38,39)(H,44,45)/t15-,16-,17-,18-,19-/m0/s1. The number of carboxylic acids is 2. The third kappa shape index (κ3) is 10.5. The zero-order valence-corrected chi connectivity index (χ0v) is 23.6. The summed E-state index contributed by atoms with van der Waals surface area (Å²) in [4.78, 5) is 95.3. The lowest BCUT2D eigenvalue weighted by Gasteiger charge is -2.25. The van der Waals surface area contributed by atoms with E-state index in [9.17, 15) is 39.0 Å². The number of hydrogen-bond donors (Lipinski definition) is 11. The number of carboxylic acid groups (broad SMARTS) is 2. The van der Waals surface area contributed by atoms with Crippen LogP contribution >= 0.6 is 0 Å². The average Bonchev–Trinajstić information content (AvgIpc) is 3.79. The predicted molar refractivity (Wildman–Crippen MR) is 150 cm³/mol. The smallest absolute Gasteiger partial charge is 0.328 e. The molecule has 0 saturated heterocycles. The Labute approximate surface area is 254 Å². The van der Waals surface area contributed by atoms with Crippen LogP contribution in [-0.4, -0.2) is 118 Å². The van der Waals surface area contributed by atoms with Gasteiger partial charge in [0.05, 0.1) is 38.1 Å². The van der Waals surface area contributed by atoms with Gasteiger partial charge in [0.2, 0.25) is 23.6 Å². The Morgan fingerprint density at radius 3 is 1.44 bits per heavy atom. The molecule has 0 bridgehead atoms. The predicted octanol–water partition coefficient (Wildman–Crippen LogP) is -4.30. The molecule has 0 aliphatic carbocycles. The second kappa shape index (κ2) is 16.3. The first-order valence-corrected chi connectivity index (χ1v) is 13.4. The number of nitrogens with one attached hydrogen (secondary N) is 7. The summed E-state index contributed by atoms with van der Waals surface area (Å²) in [6.45, 7) is -0.998. The van der Waals surface area contributed by atoms with Gasteiger partial charge in [0, 0.05) is 54.9 Å². The van der Waals surface area contributed by atoms with Gasteiger partial charge in [-0.15, -0.1) is 0 Å². The number of rotatable bonds is 18. The lowest BCUT2D eigenvalue weighted by molar-refractivity contribution is -0.144. The summed E-state index contributed by atoms with van der Waals surface area (Å²) in [7, 11) is 0. The van der Waals surface area contributed by atoms with E-state index >= 15 is 0 Å². The number of nitrogens with two attached hydrogens (primary N) is 1. The maximum atomic E-state index is 13.6. The lowest BCUT2D eigenvalue weighted by Crippen LogP contribution is -2.59. The molecule has 20 heteroatoms. The molecule has 0 radical (unpaired) electrons. The number of nitrogens with zero attached hydrogens (tertiary/aromatic N) is 3. The summed E-state index contributed by atoms with van der Waals surface area (Å²) < 4.78 is 0. The van der Waals surface area contributed by atoms with Gasteiger partial charge in [-0.05, 0) is 0 Å². The van der Waals surface area contributed by atoms with E-state index in [1.165, 1.54) is 37.6 Å². The largest absolute Gasteiger partial charge is 0.481 e. The van der Waals surface area contributed by atoms with Crippen LogP contribution in [0.5, 0.6) is 0 Å². The number of imidazole rings is 3. The van der Waals surface area contributed by atoms with Gasteiger partial charge < -0.3 is 57.3 Å². The van der Waals surface area contributed by atoms with Gasteiger partial charge in [0.15, 0.2) is 0 Å². The fraction of sp³-hybridized carbons (Fsp3) is 0.400. The third-order valence-corrected chi connectivity index (χ3v) is 6.36. The van der Waals surface area contributed by atoms with Crippen LogP contribution < -0.4 is 27.0 Å². The molecule has 45 heavy (non-hydrogen) atoms. The molecule has 0 aliphatic rings. The van der Waals surface area contributed by atoms with E-state index in [4.69, 9.17) is 10.8 Å². The zero-order valence-electron chi connectivity index (χ0n) is 23.6. The van der Waals surface area contributed by atoms with E-state index in [2.05, 4.69) is 45.9 Å². The Morgan fingerprint density at radius 1 is 0.644 bits per heavy atom. The number of hydrogen-bond acceptors (Lipinski definition) is 11. The minimum Gasteiger partial charge on any atom is -0.481 e. The monoisotopic (exact) mass is 631 g/mol. The Balaban J connectivity index is 1.80. The van der Waals surface area contributed by atoms with Crippen molar-refractivity contribution in [2.45, 2.75) is 55.9 Å². The summed E-state index contributed by atoms with van der Waals surface area (Å²) in [6, 6.07) is -7.35. The molecule has 20 nitrogen and oxygen atoms in total. The number of aliphatic hydroxyl groups is 1. The van der Waals surface area contributed by atoms with Crippen LogP contribution in [0.15, 0.2) is 37.6 Å². The molecule has 12 N–H and O–H groups in total. The number of aliphatic hydroxyl groups excluding tert-OH is 1. The molecule has 0 unspecified atom stereocenters. The van der Waals surface area contributed by atoms with E-state index < -0.39 is 78.8 Å². The summed E-state index contributed by atoms with van der Waals surface area (Å²) in [6.07, 6.45) is 7.22. The zero-order chi connectivity index (χ0) is 32.9. The quantitative estimate of drug-likeness (QED) is 0.0634. The average molecular weight is 632 g/mol. The minimum absolute atomic E-state index is 0.0845. The number of amides is 4. The van der Waals surface area contributed by atoms with Crippen LogP contribution in [0, 0.1) is 0 Å². The van der Waals surface area contributed by atoms with E-state index in [-0.39, 0.29) is 19.3 Å². The highest BCUT2D eigenvalue weighted by Gasteiger charge is 2.33. The van der Waals surface area contributed by atoms with Crippen LogP contribution in [0.3, 0.4) is 0 Å². The van der Waals surface area contributed by atoms with Crippen molar-refractivity contribution >= 4 is 35.6 Å². The number of aromatic nitrogens is 6. The van der Waals surface area contributed by atoms with Gasteiger partial charge in [-0.1, -0.05) is 0 Å². The van der Waals surface area contributed by atoms with Crippen LogP contribution in [-0.2, 0) is 48.0 Å². The molecule has 3 rings (SSSR count). The van der Waals surface area contributed by atoms with Crippen molar-refractivity contribution in [1.29, 1.82) is 0 Å². The molecule has 5 atom stereocenters. The van der Waals surface area contributed by atoms with Crippen molar-refractivity contribution in [3.63, 3.8) is 0 Å². The van der Waals surface area contributed by atoms with Crippen LogP contribution in [0.25, 0.3) is 0 Å². The number of aromatic amines is 3. The number of carbonyl (C=O) groups excluding carboxylic acids is 4. The highest BCUT2D eigenvalue weighted by molar-refractivity contribution is 5.96. The number of carbonyl (C=O) groups is 6. The maximum Gasteiger partial charge on any atom is 0.328 e. The van der Waals surface area contributed by atoms with Crippen molar-refractivity contribution < 1.29 is 44.1 Å². The number of aliphatic carboxylic acids is 2. The molecular formula is C25H33N11O9. The minimum atomic E-state index is -1.79. The third-order valence-electron chi connectivity index (χ3n) is 6.36. The molecule has 0 spiro atoms. The van der Waals surface area contributed by atoms with Crippen LogP contribution in [0.1, 0.15) is 23.5 Å². The van der Waals surface area contributed by atoms with Crippen molar-refractivity contribution in [3.05, 3.63) is 54.7 Å². The van der Waals surface area contributed by atoms with Gasteiger partial charge >= 0.3 is 11.9 Å². The molecule has 3 aromatic rings. The van der Waals surface area contributed by atoms with Gasteiger partial charge in [0.25, 0.3) is 0 Å². The SMILES string of the molecule is N[C@@H](Cc1cnc[nH]1)C(=O)N[C@@H](Cc1cnc[nH]1)C(=O)N[C@@H](Cc1cnc[nH]1)C(=O)N[C@@H](CC(=O)O)C(=O)N[C@@H](CO)C(=O)O. The fourth-order valence-electron chi connectivity index (χ4n) is 4.04. The Kier molecular flexibility index (Phi) is 12.3. The van der Waals surface area contributed by atoms with Crippen LogP contribution in [0.2, 0.25) is 0 Å². The van der Waals surface area contributed by atoms with Gasteiger partial charge in [0.1, 0.15) is 24.2 Å². The Hall–Kier alpha value is -5.63. The fourth-order valence-corrected chi connectivity index (χ4v) is 4.04. The van der Waals surface area contributed by atoms with Gasteiger partial charge in [-0.25, -0.2) is 19.7 Å². The molecule has 0 saturated carbocycles. The molecular weight excluding hydrogens is 598 g/mol. The maximum absolute atomic E-state index is 13.6. The van der Waals surface area contributed by atoms with Crippen molar-refractivity contribution in [2.24, 2.45) is 5.73 Å². The lowest BCUT2D eigenvalue weighted by atomic mass is 10.1. The first-order valence-electron chi connectivity index (χ1n) is 13.4. The molecule has 0 fully saturated rings. The van der Waals surface area contributed by atoms with Crippen LogP contribution in [0.4, 0.5) is 0 Å². The first kappa shape index (κ1) is 33.9. The molecule has 3 aromatic heterocycles. The highest BCUT2D eigenvalue weighted by Crippen LogP contribution is 2.06. The van der Waals surface area contributed by atoms with E-state index in [0.717, 1.165) is 0 Å². The second-order valence-corrected chi connectivity index (χ2v) is 9.81. The van der Waals surface area contributed by atoms with E-state index in [1.54, 1.807) is 0 Å². The first-order chi connectivity index (χ1) is 21.5. The molecule has 4 amide bonds. The Bertz CT molecular complexity index is 1430. The van der Waals surface area contributed by atoms with Gasteiger partial charge in [-0.3, -0.25) is 24.0 Å². The topological polar surface area (TPSA) is 323 Å². The van der Waals surface area contributed by atoms with Crippen molar-refractivity contribution in [3.8, 4) is 0 Å². The number of H-pyrrole nitrogens is 3. The van der Waals surface area contributed by atoms with Gasteiger partial charge in [-0.2, -0.15) is 0 Å². The highest BCUT2D eigenvalue weighted by atomic mass is 16.4. The van der Waals surface area contributed by atoms with Crippen molar-refractivity contribution in [1.82, 2.24) is 51.2 Å². The summed E-state index contributed by atoms with van der Waals surface area (Å²) >= 11 is 0. The summed E-state index contributed by atoms with van der Waals surface area (Å²) in [5.74, 6) is -6.84. The molecule has 242 valence electrons. The normalized spacial score (nSPS) is 14.3. The Morgan fingerprint density at radius 2 is 1.04 bits per heavy atom.